The predicted octanol–water partition coefficient (Wildman–Crippen LogP) is 2.98. The lowest BCUT2D eigenvalue weighted by Gasteiger charge is -2.38. The van der Waals surface area contributed by atoms with E-state index in [9.17, 15) is 14.0 Å². The van der Waals surface area contributed by atoms with E-state index in [4.69, 9.17) is 4.74 Å². The second kappa shape index (κ2) is 9.46. The highest BCUT2D eigenvalue weighted by atomic mass is 19.1. The number of rotatable bonds is 6. The molecule has 5 rings (SSSR count). The summed E-state index contributed by atoms with van der Waals surface area (Å²) in [4.78, 5) is 28.7. The zero-order chi connectivity index (χ0) is 23.5. The normalized spacial score (nSPS) is 17.9. The molecule has 0 unspecified atom stereocenters. The van der Waals surface area contributed by atoms with Crippen LogP contribution in [0.5, 0.6) is 5.75 Å². The van der Waals surface area contributed by atoms with Gasteiger partial charge in [-0.25, -0.2) is 4.39 Å². The largest absolute Gasteiger partial charge is 0.489 e. The topological polar surface area (TPSA) is 87.7 Å². The van der Waals surface area contributed by atoms with Crippen LogP contribution in [-0.4, -0.2) is 59.2 Å². The molecule has 1 N–H and O–H groups in total. The van der Waals surface area contributed by atoms with Crippen molar-refractivity contribution in [2.45, 2.75) is 12.5 Å². The molecule has 2 amide bonds. The molecule has 2 aliphatic heterocycles. The van der Waals surface area contributed by atoms with Gasteiger partial charge in [0.2, 0.25) is 5.91 Å². The van der Waals surface area contributed by atoms with E-state index in [1.807, 2.05) is 17.0 Å². The maximum atomic E-state index is 13.9. The predicted molar refractivity (Wildman–Crippen MR) is 124 cm³/mol. The molecule has 1 atom stereocenters. The molecule has 0 aliphatic carbocycles. The number of amides is 2. The van der Waals surface area contributed by atoms with Crippen molar-refractivity contribution in [2.75, 3.05) is 36.4 Å². The summed E-state index contributed by atoms with van der Waals surface area (Å²) < 4.78 is 19.9. The van der Waals surface area contributed by atoms with Gasteiger partial charge >= 0.3 is 0 Å². The first-order valence-corrected chi connectivity index (χ1v) is 11.2. The van der Waals surface area contributed by atoms with Gasteiger partial charge in [-0.2, -0.15) is 5.10 Å². The Kier molecular flexibility index (Phi) is 6.07. The maximum Gasteiger partial charge on any atom is 0.256 e. The number of benzene rings is 2. The first-order chi connectivity index (χ1) is 16.6. The Morgan fingerprint density at radius 3 is 2.53 bits per heavy atom. The molecule has 0 spiro atoms. The van der Waals surface area contributed by atoms with E-state index in [1.165, 1.54) is 12.1 Å². The summed E-state index contributed by atoms with van der Waals surface area (Å²) >= 11 is 0. The summed E-state index contributed by atoms with van der Waals surface area (Å²) in [6.45, 7) is 2.12. The third kappa shape index (κ3) is 4.68. The van der Waals surface area contributed by atoms with E-state index in [0.29, 0.717) is 44.0 Å². The van der Waals surface area contributed by atoms with E-state index in [-0.39, 0.29) is 29.4 Å². The van der Waals surface area contributed by atoms with Crippen LogP contribution in [0.1, 0.15) is 16.8 Å². The van der Waals surface area contributed by atoms with Gasteiger partial charge in [-0.3, -0.25) is 9.59 Å². The number of aromatic nitrogens is 2. The van der Waals surface area contributed by atoms with Crippen molar-refractivity contribution in [3.8, 4) is 5.75 Å². The fourth-order valence-corrected chi connectivity index (χ4v) is 4.16. The Bertz CT molecular complexity index is 1170. The third-order valence-electron chi connectivity index (χ3n) is 6.10. The van der Waals surface area contributed by atoms with Crippen LogP contribution in [0.4, 0.5) is 15.9 Å². The summed E-state index contributed by atoms with van der Waals surface area (Å²) in [7, 11) is 0. The molecular weight excluding hydrogens is 437 g/mol. The standard InChI is InChI=1S/C25H24FN5O3/c26-22-5-2-1-4-21(22)25(33)30-13-11-20(16-30)34-19-9-7-18(8-10-19)28-24(32)17-14-31(15-17)23-6-3-12-27-29-23/h1-10,12,17,20H,11,13-16H2,(H,28,32)/t20-/m1/s1. The first kappa shape index (κ1) is 21.8. The number of hydrogen-bond acceptors (Lipinski definition) is 6. The maximum absolute atomic E-state index is 13.9. The van der Waals surface area contributed by atoms with E-state index in [1.54, 1.807) is 47.5 Å². The number of anilines is 2. The molecule has 2 aromatic carbocycles. The number of carbonyl (C=O) groups is 2. The Labute approximate surface area is 196 Å². The molecule has 0 radical (unpaired) electrons. The minimum atomic E-state index is -0.516. The molecule has 8 nitrogen and oxygen atoms in total. The van der Waals surface area contributed by atoms with Gasteiger partial charge in [-0.1, -0.05) is 12.1 Å². The zero-order valence-corrected chi connectivity index (χ0v) is 18.4. The first-order valence-electron chi connectivity index (χ1n) is 11.2. The van der Waals surface area contributed by atoms with Crippen LogP contribution in [-0.2, 0) is 4.79 Å². The number of carbonyl (C=O) groups excluding carboxylic acids is 2. The summed E-state index contributed by atoms with van der Waals surface area (Å²) in [6, 6.07) is 16.9. The number of likely N-dealkylation sites (tertiary alicyclic amines) is 1. The fraction of sp³-hybridized carbons (Fsp3) is 0.280. The van der Waals surface area contributed by atoms with Gasteiger partial charge in [0.05, 0.1) is 18.0 Å². The SMILES string of the molecule is O=C(Nc1ccc(O[C@@H]2CCN(C(=O)c3ccccc3F)C2)cc1)C1CN(c2cccnn2)C1. The van der Waals surface area contributed by atoms with E-state index in [0.717, 1.165) is 5.82 Å². The summed E-state index contributed by atoms with van der Waals surface area (Å²) in [5.41, 5.74) is 0.771. The molecule has 174 valence electrons. The van der Waals surface area contributed by atoms with Crippen molar-refractivity contribution in [3.63, 3.8) is 0 Å². The van der Waals surface area contributed by atoms with Gasteiger partial charge in [0, 0.05) is 37.9 Å². The molecule has 1 aromatic heterocycles. The molecule has 2 aliphatic rings. The summed E-state index contributed by atoms with van der Waals surface area (Å²) in [5.74, 6) is 0.449. The number of nitrogens with zero attached hydrogens (tertiary/aromatic N) is 4. The monoisotopic (exact) mass is 461 g/mol. The second-order valence-electron chi connectivity index (χ2n) is 8.46. The van der Waals surface area contributed by atoms with Crippen molar-refractivity contribution in [2.24, 2.45) is 5.92 Å². The van der Waals surface area contributed by atoms with Crippen molar-refractivity contribution in [1.29, 1.82) is 0 Å². The van der Waals surface area contributed by atoms with Crippen LogP contribution >= 0.6 is 0 Å². The molecule has 0 saturated carbocycles. The van der Waals surface area contributed by atoms with Crippen molar-refractivity contribution >= 4 is 23.3 Å². The van der Waals surface area contributed by atoms with Gasteiger partial charge in [-0.15, -0.1) is 5.10 Å². The minimum absolute atomic E-state index is 0.0353. The number of halogens is 1. The minimum Gasteiger partial charge on any atom is -0.489 e. The number of hydrogen-bond donors (Lipinski definition) is 1. The van der Waals surface area contributed by atoms with Crippen LogP contribution in [0.2, 0.25) is 0 Å². The van der Waals surface area contributed by atoms with Crippen molar-refractivity contribution in [3.05, 3.63) is 78.2 Å². The molecular formula is C25H24FN5O3. The average molecular weight is 461 g/mol. The smallest absolute Gasteiger partial charge is 0.256 e. The van der Waals surface area contributed by atoms with Crippen molar-refractivity contribution in [1.82, 2.24) is 15.1 Å². The zero-order valence-electron chi connectivity index (χ0n) is 18.4. The highest BCUT2D eigenvalue weighted by Gasteiger charge is 2.33. The van der Waals surface area contributed by atoms with Gasteiger partial charge in [-0.05, 0) is 48.5 Å². The Balaban J connectivity index is 1.10. The number of ether oxygens (including phenoxy) is 1. The lowest BCUT2D eigenvalue weighted by Crippen LogP contribution is -2.52. The summed E-state index contributed by atoms with van der Waals surface area (Å²) in [6.07, 6.45) is 2.12. The average Bonchev–Trinajstić information content (AvgIpc) is 3.28. The Morgan fingerprint density at radius 2 is 1.79 bits per heavy atom. The van der Waals surface area contributed by atoms with E-state index < -0.39 is 5.82 Å². The van der Waals surface area contributed by atoms with Gasteiger partial charge in [0.1, 0.15) is 17.7 Å². The molecule has 34 heavy (non-hydrogen) atoms. The lowest BCUT2D eigenvalue weighted by atomic mass is 9.99. The molecule has 9 heteroatoms. The van der Waals surface area contributed by atoms with Crippen LogP contribution in [0.25, 0.3) is 0 Å². The Hall–Kier alpha value is -4.01. The van der Waals surface area contributed by atoms with Crippen molar-refractivity contribution < 1.29 is 18.7 Å². The van der Waals surface area contributed by atoms with Gasteiger partial charge < -0.3 is 19.9 Å². The van der Waals surface area contributed by atoms with Crippen LogP contribution in [0.3, 0.4) is 0 Å². The molecule has 2 saturated heterocycles. The fourth-order valence-electron chi connectivity index (χ4n) is 4.16. The Morgan fingerprint density at radius 1 is 1.00 bits per heavy atom. The quantitative estimate of drug-likeness (QED) is 0.607. The van der Waals surface area contributed by atoms with E-state index in [2.05, 4.69) is 15.5 Å². The van der Waals surface area contributed by atoms with E-state index >= 15 is 0 Å². The van der Waals surface area contributed by atoms with Crippen LogP contribution < -0.4 is 15.0 Å². The highest BCUT2D eigenvalue weighted by molar-refractivity contribution is 5.95. The number of nitrogens with one attached hydrogen (secondary N) is 1. The van der Waals surface area contributed by atoms with Crippen LogP contribution in [0, 0.1) is 11.7 Å². The van der Waals surface area contributed by atoms with Gasteiger partial charge in [0.15, 0.2) is 5.82 Å². The van der Waals surface area contributed by atoms with Gasteiger partial charge in [0.25, 0.3) is 5.91 Å². The molecule has 2 fully saturated rings. The molecule has 3 heterocycles. The molecule has 3 aromatic rings. The molecule has 0 bridgehead atoms. The highest BCUT2D eigenvalue weighted by Crippen LogP contribution is 2.25. The second-order valence-corrected chi connectivity index (χ2v) is 8.46. The summed E-state index contributed by atoms with van der Waals surface area (Å²) in [5, 5.41) is 10.9. The third-order valence-corrected chi connectivity index (χ3v) is 6.10. The lowest BCUT2D eigenvalue weighted by molar-refractivity contribution is -0.120. The van der Waals surface area contributed by atoms with Crippen LogP contribution in [0.15, 0.2) is 66.9 Å².